The van der Waals surface area contributed by atoms with E-state index in [1.54, 1.807) is 6.26 Å². The van der Waals surface area contributed by atoms with Gasteiger partial charge in [0.25, 0.3) is 0 Å². The van der Waals surface area contributed by atoms with E-state index in [4.69, 9.17) is 4.42 Å². The molecule has 3 aromatic heterocycles. The average molecular weight is 239 g/mol. The van der Waals surface area contributed by atoms with E-state index in [9.17, 15) is 0 Å². The maximum absolute atomic E-state index is 5.49. The molecule has 0 unspecified atom stereocenters. The molecule has 0 fully saturated rings. The number of hydrogen-bond acceptors (Lipinski definition) is 3. The lowest BCUT2D eigenvalue weighted by molar-refractivity contribution is 0.505. The quantitative estimate of drug-likeness (QED) is 0.605. The Labute approximate surface area is 104 Å². The first-order chi connectivity index (χ1) is 8.74. The van der Waals surface area contributed by atoms with E-state index in [1.807, 2.05) is 13.0 Å². The molecule has 0 amide bonds. The lowest BCUT2D eigenvalue weighted by Crippen LogP contribution is -2.05. The molecule has 90 valence electrons. The van der Waals surface area contributed by atoms with E-state index in [1.165, 1.54) is 11.4 Å². The first kappa shape index (κ1) is 9.88. The third kappa shape index (κ3) is 1.15. The minimum absolute atomic E-state index is 0.798. The van der Waals surface area contributed by atoms with Gasteiger partial charge in [-0.25, -0.2) is 9.97 Å². The summed E-state index contributed by atoms with van der Waals surface area (Å²) in [4.78, 5) is 9.20. The van der Waals surface area contributed by atoms with Crippen LogP contribution in [0.3, 0.4) is 0 Å². The second-order valence-electron chi connectivity index (χ2n) is 4.84. The summed E-state index contributed by atoms with van der Waals surface area (Å²) in [6.45, 7) is 4.11. The highest BCUT2D eigenvalue weighted by Gasteiger charge is 2.24. The van der Waals surface area contributed by atoms with Crippen molar-refractivity contribution in [3.05, 3.63) is 41.2 Å². The maximum Gasteiger partial charge on any atom is 0.235 e. The molecule has 0 atom stereocenters. The van der Waals surface area contributed by atoms with Gasteiger partial charge < -0.3 is 4.42 Å². The fraction of sp³-hybridized carbons (Fsp3) is 0.286. The minimum Gasteiger partial charge on any atom is -0.469 e. The van der Waals surface area contributed by atoms with Crippen LogP contribution in [0.25, 0.3) is 17.0 Å². The molecule has 0 saturated carbocycles. The average Bonchev–Trinajstić information content (AvgIpc) is 2.89. The largest absolute Gasteiger partial charge is 0.469 e. The number of furan rings is 1. The number of imidazole rings is 1. The van der Waals surface area contributed by atoms with Crippen LogP contribution in [0.1, 0.15) is 22.8 Å². The third-order valence-electron chi connectivity index (χ3n) is 3.59. The fourth-order valence-electron chi connectivity index (χ4n) is 2.87. The van der Waals surface area contributed by atoms with Crippen LogP contribution in [0.5, 0.6) is 0 Å². The van der Waals surface area contributed by atoms with Crippen molar-refractivity contribution in [1.29, 1.82) is 0 Å². The van der Waals surface area contributed by atoms with Crippen LogP contribution < -0.4 is 0 Å². The van der Waals surface area contributed by atoms with Crippen molar-refractivity contribution in [2.45, 2.75) is 26.7 Å². The van der Waals surface area contributed by atoms with Gasteiger partial charge >= 0.3 is 0 Å². The van der Waals surface area contributed by atoms with E-state index in [0.29, 0.717) is 0 Å². The molecule has 18 heavy (non-hydrogen) atoms. The smallest absolute Gasteiger partial charge is 0.235 e. The van der Waals surface area contributed by atoms with Crippen molar-refractivity contribution < 1.29 is 4.42 Å². The number of hydrogen-bond donors (Lipinski definition) is 0. The molecule has 3 heterocycles. The number of rotatable bonds is 0. The first-order valence-corrected chi connectivity index (χ1v) is 6.16. The van der Waals surface area contributed by atoms with E-state index in [0.717, 1.165) is 41.3 Å². The Hall–Kier alpha value is -2.10. The standard InChI is InChI=1S/C14H13N3O/c1-8-7-9(2)17-11-3-4-12-10(5-6-18-12)13(11)16-14(17)15-8/h5-7H,3-4H2,1-2H3. The molecule has 1 aliphatic rings. The van der Waals surface area contributed by atoms with Gasteiger partial charge in [-0.15, -0.1) is 0 Å². The summed E-state index contributed by atoms with van der Waals surface area (Å²) in [6, 6.07) is 4.10. The van der Waals surface area contributed by atoms with Crippen LogP contribution in [-0.2, 0) is 12.8 Å². The summed E-state index contributed by atoms with van der Waals surface area (Å²) in [6.07, 6.45) is 3.65. The zero-order chi connectivity index (χ0) is 12.3. The summed E-state index contributed by atoms with van der Waals surface area (Å²) >= 11 is 0. The van der Waals surface area contributed by atoms with Crippen molar-refractivity contribution in [1.82, 2.24) is 14.4 Å². The van der Waals surface area contributed by atoms with Gasteiger partial charge in [-0.1, -0.05) is 0 Å². The Balaban J connectivity index is 2.13. The lowest BCUT2D eigenvalue weighted by Gasteiger charge is -2.11. The molecular weight excluding hydrogens is 226 g/mol. The molecule has 0 spiro atoms. The van der Waals surface area contributed by atoms with E-state index < -0.39 is 0 Å². The van der Waals surface area contributed by atoms with Crippen LogP contribution in [0.4, 0.5) is 0 Å². The Kier molecular flexibility index (Phi) is 1.77. The number of nitrogens with zero attached hydrogens (tertiary/aromatic N) is 3. The second-order valence-corrected chi connectivity index (χ2v) is 4.84. The van der Waals surface area contributed by atoms with Crippen molar-refractivity contribution in [3.8, 4) is 11.3 Å². The van der Waals surface area contributed by atoms with E-state index in [-0.39, 0.29) is 0 Å². The van der Waals surface area contributed by atoms with Crippen LogP contribution >= 0.6 is 0 Å². The van der Waals surface area contributed by atoms with Crippen molar-refractivity contribution in [2.75, 3.05) is 0 Å². The van der Waals surface area contributed by atoms with Crippen LogP contribution in [0.15, 0.2) is 22.8 Å². The van der Waals surface area contributed by atoms with Gasteiger partial charge in [0.2, 0.25) is 5.78 Å². The molecule has 1 aliphatic carbocycles. The van der Waals surface area contributed by atoms with Gasteiger partial charge in [-0.05, 0) is 32.4 Å². The zero-order valence-corrected chi connectivity index (χ0v) is 10.4. The molecule has 0 radical (unpaired) electrons. The number of fused-ring (bicyclic) bond motifs is 5. The fourth-order valence-corrected chi connectivity index (χ4v) is 2.87. The third-order valence-corrected chi connectivity index (χ3v) is 3.59. The second kappa shape index (κ2) is 3.22. The van der Waals surface area contributed by atoms with Gasteiger partial charge in [-0.3, -0.25) is 4.40 Å². The van der Waals surface area contributed by atoms with Crippen LogP contribution in [-0.4, -0.2) is 14.4 Å². The minimum atomic E-state index is 0.798. The van der Waals surface area contributed by atoms with Gasteiger partial charge in [0.1, 0.15) is 5.76 Å². The highest BCUT2D eigenvalue weighted by Crippen LogP contribution is 2.34. The van der Waals surface area contributed by atoms with E-state index in [2.05, 4.69) is 27.4 Å². The molecule has 3 aromatic rings. The predicted octanol–water partition coefficient (Wildman–Crippen LogP) is 2.70. The molecule has 4 rings (SSSR count). The molecule has 0 aliphatic heterocycles. The highest BCUT2D eigenvalue weighted by atomic mass is 16.3. The molecule has 4 heteroatoms. The summed E-state index contributed by atoms with van der Waals surface area (Å²) in [5.41, 5.74) is 5.61. The molecule has 0 bridgehead atoms. The monoisotopic (exact) mass is 239 g/mol. The van der Waals surface area contributed by atoms with Crippen molar-refractivity contribution >= 4 is 5.78 Å². The Morgan fingerprint density at radius 2 is 2.11 bits per heavy atom. The zero-order valence-electron chi connectivity index (χ0n) is 10.4. The number of aryl methyl sites for hydroxylation is 4. The van der Waals surface area contributed by atoms with Gasteiger partial charge in [0.15, 0.2) is 0 Å². The summed E-state index contributed by atoms with van der Waals surface area (Å²) in [7, 11) is 0. The Bertz CT molecular complexity index is 767. The summed E-state index contributed by atoms with van der Waals surface area (Å²) < 4.78 is 7.66. The normalized spacial score (nSPS) is 13.7. The van der Waals surface area contributed by atoms with Crippen LogP contribution in [0, 0.1) is 13.8 Å². The maximum atomic E-state index is 5.49. The first-order valence-electron chi connectivity index (χ1n) is 6.16. The van der Waals surface area contributed by atoms with Crippen LogP contribution in [0.2, 0.25) is 0 Å². The van der Waals surface area contributed by atoms with Gasteiger partial charge in [0, 0.05) is 23.4 Å². The van der Waals surface area contributed by atoms with Gasteiger partial charge in [0.05, 0.1) is 17.7 Å². The topological polar surface area (TPSA) is 43.3 Å². The van der Waals surface area contributed by atoms with Crippen molar-refractivity contribution in [3.63, 3.8) is 0 Å². The number of aromatic nitrogens is 3. The highest BCUT2D eigenvalue weighted by molar-refractivity contribution is 5.69. The Morgan fingerprint density at radius 3 is 3.00 bits per heavy atom. The Morgan fingerprint density at radius 1 is 1.22 bits per heavy atom. The molecule has 0 saturated heterocycles. The van der Waals surface area contributed by atoms with Crippen molar-refractivity contribution in [2.24, 2.45) is 0 Å². The summed E-state index contributed by atoms with van der Waals surface area (Å²) in [5.74, 6) is 1.84. The molecule has 0 N–H and O–H groups in total. The predicted molar refractivity (Wildman–Crippen MR) is 67.6 cm³/mol. The lowest BCUT2D eigenvalue weighted by atomic mass is 9.99. The SMILES string of the molecule is Cc1cc(C)n2c3c(nc2n1)-c1ccoc1CC3. The molecular formula is C14H13N3O. The molecule has 0 aromatic carbocycles. The van der Waals surface area contributed by atoms with Gasteiger partial charge in [-0.2, -0.15) is 0 Å². The van der Waals surface area contributed by atoms with E-state index >= 15 is 0 Å². The molecule has 4 nitrogen and oxygen atoms in total. The summed E-state index contributed by atoms with van der Waals surface area (Å²) in [5, 5.41) is 0.